The maximum Gasteiger partial charge on any atom is 0.315 e. The second-order valence-corrected chi connectivity index (χ2v) is 8.58. The molecule has 1 aliphatic heterocycles. The molecule has 0 spiro atoms. The van der Waals surface area contributed by atoms with Gasteiger partial charge in [-0.05, 0) is 19.1 Å². The van der Waals surface area contributed by atoms with Crippen LogP contribution in [-0.2, 0) is 24.3 Å². The van der Waals surface area contributed by atoms with Gasteiger partial charge in [0.1, 0.15) is 6.07 Å². The van der Waals surface area contributed by atoms with Gasteiger partial charge in [-0.2, -0.15) is 9.57 Å². The van der Waals surface area contributed by atoms with Gasteiger partial charge in [0, 0.05) is 26.2 Å². The Morgan fingerprint density at radius 3 is 2.48 bits per heavy atom. The van der Waals surface area contributed by atoms with Gasteiger partial charge in [-0.1, -0.05) is 12.1 Å². The molecule has 146 valence electrons. The first kappa shape index (κ1) is 21.2. The summed E-state index contributed by atoms with van der Waals surface area (Å²) in [6.07, 6.45) is 0. The summed E-state index contributed by atoms with van der Waals surface area (Å²) in [4.78, 5) is 25.1. The van der Waals surface area contributed by atoms with Crippen LogP contribution >= 0.6 is 11.8 Å². The van der Waals surface area contributed by atoms with Crippen molar-refractivity contribution >= 4 is 33.7 Å². The molecule has 0 unspecified atom stereocenters. The summed E-state index contributed by atoms with van der Waals surface area (Å²) < 4.78 is 31.6. The van der Waals surface area contributed by atoms with E-state index in [-0.39, 0.29) is 60.0 Å². The van der Waals surface area contributed by atoms with Gasteiger partial charge >= 0.3 is 5.97 Å². The van der Waals surface area contributed by atoms with Gasteiger partial charge in [0.05, 0.1) is 28.6 Å². The van der Waals surface area contributed by atoms with Crippen LogP contribution < -0.4 is 0 Å². The lowest BCUT2D eigenvalue weighted by Gasteiger charge is -2.34. The third-order valence-corrected chi connectivity index (χ3v) is 6.82. The fraction of sp³-hybridized carbons (Fsp3) is 0.471. The van der Waals surface area contributed by atoms with Crippen molar-refractivity contribution in [2.45, 2.75) is 11.8 Å². The Balaban J connectivity index is 1.90. The van der Waals surface area contributed by atoms with Crippen molar-refractivity contribution in [1.29, 1.82) is 5.26 Å². The Bertz CT molecular complexity index is 827. The molecule has 1 amide bonds. The van der Waals surface area contributed by atoms with E-state index in [9.17, 15) is 18.0 Å². The number of esters is 1. The fourth-order valence-electron chi connectivity index (χ4n) is 2.62. The molecular weight excluding hydrogens is 390 g/mol. The van der Waals surface area contributed by atoms with E-state index in [0.717, 1.165) is 0 Å². The molecule has 0 radical (unpaired) electrons. The first-order chi connectivity index (χ1) is 12.9. The molecule has 1 aliphatic rings. The molecule has 10 heteroatoms. The molecule has 1 fully saturated rings. The Labute approximate surface area is 163 Å². The molecule has 1 saturated heterocycles. The van der Waals surface area contributed by atoms with Crippen molar-refractivity contribution in [3.05, 3.63) is 29.8 Å². The maximum atomic E-state index is 12.8. The monoisotopic (exact) mass is 411 g/mol. The van der Waals surface area contributed by atoms with Gasteiger partial charge in [0.25, 0.3) is 0 Å². The normalized spacial score (nSPS) is 15.2. The molecule has 0 aliphatic carbocycles. The second kappa shape index (κ2) is 9.73. The highest BCUT2D eigenvalue weighted by molar-refractivity contribution is 8.00. The molecule has 1 aromatic rings. The number of sulfonamides is 1. The smallest absolute Gasteiger partial charge is 0.315 e. The van der Waals surface area contributed by atoms with Crippen molar-refractivity contribution in [3.8, 4) is 6.07 Å². The zero-order valence-electron chi connectivity index (χ0n) is 15.0. The summed E-state index contributed by atoms with van der Waals surface area (Å²) >= 11 is 1.18. The summed E-state index contributed by atoms with van der Waals surface area (Å²) in [5.74, 6) is -0.247. The molecule has 0 N–H and O–H groups in total. The van der Waals surface area contributed by atoms with Gasteiger partial charge in [0.15, 0.2) is 0 Å². The van der Waals surface area contributed by atoms with Gasteiger partial charge < -0.3 is 9.64 Å². The summed E-state index contributed by atoms with van der Waals surface area (Å²) in [6.45, 7) is 2.89. The summed E-state index contributed by atoms with van der Waals surface area (Å²) in [7, 11) is -3.78. The predicted molar refractivity (Wildman–Crippen MR) is 100 cm³/mol. The lowest BCUT2D eigenvalue weighted by molar-refractivity contribution is -0.139. The van der Waals surface area contributed by atoms with Crippen molar-refractivity contribution in [1.82, 2.24) is 9.21 Å². The Kier molecular flexibility index (Phi) is 7.65. The van der Waals surface area contributed by atoms with E-state index in [1.807, 2.05) is 6.07 Å². The van der Waals surface area contributed by atoms with E-state index in [1.165, 1.54) is 28.2 Å². The molecule has 1 aromatic carbocycles. The molecule has 0 atom stereocenters. The van der Waals surface area contributed by atoms with E-state index < -0.39 is 10.0 Å². The highest BCUT2D eigenvalue weighted by Crippen LogP contribution is 2.21. The zero-order valence-corrected chi connectivity index (χ0v) is 16.6. The highest BCUT2D eigenvalue weighted by Gasteiger charge is 2.31. The molecule has 0 aromatic heterocycles. The van der Waals surface area contributed by atoms with E-state index in [4.69, 9.17) is 10.00 Å². The number of rotatable bonds is 7. The van der Waals surface area contributed by atoms with Crippen LogP contribution in [-0.4, -0.2) is 73.8 Å². The quantitative estimate of drug-likeness (QED) is 0.607. The largest absolute Gasteiger partial charge is 0.465 e. The number of hydrogen-bond donors (Lipinski definition) is 0. The first-order valence-corrected chi connectivity index (χ1v) is 11.0. The van der Waals surface area contributed by atoms with Crippen molar-refractivity contribution < 1.29 is 22.7 Å². The average molecular weight is 412 g/mol. The number of carbonyl (C=O) groups excluding carboxylic acids is 2. The van der Waals surface area contributed by atoms with E-state index in [0.29, 0.717) is 6.61 Å². The molecule has 0 bridgehead atoms. The Morgan fingerprint density at radius 1 is 1.19 bits per heavy atom. The van der Waals surface area contributed by atoms with Crippen LogP contribution in [0, 0.1) is 11.3 Å². The van der Waals surface area contributed by atoms with E-state index in [1.54, 1.807) is 24.0 Å². The zero-order chi connectivity index (χ0) is 19.9. The van der Waals surface area contributed by atoms with Gasteiger partial charge in [0.2, 0.25) is 15.9 Å². The Hall–Kier alpha value is -2.09. The number of ether oxygens (including phenoxy) is 1. The molecule has 0 saturated carbocycles. The number of piperazine rings is 1. The molecule has 8 nitrogen and oxygen atoms in total. The minimum atomic E-state index is -3.78. The molecule has 27 heavy (non-hydrogen) atoms. The lowest BCUT2D eigenvalue weighted by Crippen LogP contribution is -2.51. The number of thioether (sulfide) groups is 1. The van der Waals surface area contributed by atoms with Crippen LogP contribution in [0.5, 0.6) is 0 Å². The van der Waals surface area contributed by atoms with Gasteiger partial charge in [-0.15, -0.1) is 11.8 Å². The van der Waals surface area contributed by atoms with Crippen LogP contribution in [0.15, 0.2) is 29.2 Å². The maximum absolute atomic E-state index is 12.8. The van der Waals surface area contributed by atoms with Gasteiger partial charge in [-0.3, -0.25) is 9.59 Å². The predicted octanol–water partition coefficient (Wildman–Crippen LogP) is 0.687. The minimum Gasteiger partial charge on any atom is -0.465 e. The van der Waals surface area contributed by atoms with Gasteiger partial charge in [-0.25, -0.2) is 8.42 Å². The van der Waals surface area contributed by atoms with Crippen LogP contribution in [0.2, 0.25) is 0 Å². The molecule has 2 rings (SSSR count). The number of nitriles is 1. The summed E-state index contributed by atoms with van der Waals surface area (Å²) in [6, 6.07) is 7.97. The molecular formula is C17H21N3O5S2. The van der Waals surface area contributed by atoms with Crippen LogP contribution in [0.3, 0.4) is 0 Å². The van der Waals surface area contributed by atoms with Crippen molar-refractivity contribution in [2.75, 3.05) is 44.3 Å². The third kappa shape index (κ3) is 5.45. The first-order valence-electron chi connectivity index (χ1n) is 8.40. The van der Waals surface area contributed by atoms with Crippen molar-refractivity contribution in [3.63, 3.8) is 0 Å². The number of carbonyl (C=O) groups is 2. The van der Waals surface area contributed by atoms with Crippen LogP contribution in [0.1, 0.15) is 12.5 Å². The summed E-state index contributed by atoms with van der Waals surface area (Å²) in [5.41, 5.74) is 0.103. The number of amides is 1. The minimum absolute atomic E-state index is 0.0164. The van der Waals surface area contributed by atoms with Crippen molar-refractivity contribution in [2.24, 2.45) is 0 Å². The Morgan fingerprint density at radius 2 is 1.85 bits per heavy atom. The third-order valence-electron chi connectivity index (χ3n) is 3.97. The number of nitrogens with zero attached hydrogens (tertiary/aromatic N) is 3. The van der Waals surface area contributed by atoms with Crippen LogP contribution in [0.25, 0.3) is 0 Å². The van der Waals surface area contributed by atoms with Crippen LogP contribution in [0.4, 0.5) is 0 Å². The van der Waals surface area contributed by atoms with E-state index >= 15 is 0 Å². The second-order valence-electron chi connectivity index (χ2n) is 5.69. The standard InChI is InChI=1S/C17H21N3O5S2/c1-2-25-17(22)13-26-12-16(21)19-7-9-20(10-8-19)27(23,24)15-6-4-3-5-14(15)11-18/h3-6H,2,7-10,12-13H2,1H3. The average Bonchev–Trinajstić information content (AvgIpc) is 2.68. The highest BCUT2D eigenvalue weighted by atomic mass is 32.2. The lowest BCUT2D eigenvalue weighted by atomic mass is 10.2. The van der Waals surface area contributed by atoms with E-state index in [2.05, 4.69) is 0 Å². The fourth-order valence-corrected chi connectivity index (χ4v) is 4.89. The topological polar surface area (TPSA) is 108 Å². The number of benzene rings is 1. The number of hydrogen-bond acceptors (Lipinski definition) is 7. The SMILES string of the molecule is CCOC(=O)CSCC(=O)N1CCN(S(=O)(=O)c2ccccc2C#N)CC1. The molecule has 1 heterocycles. The summed E-state index contributed by atoms with van der Waals surface area (Å²) in [5, 5.41) is 9.13.